The summed E-state index contributed by atoms with van der Waals surface area (Å²) in [6.45, 7) is 3.81. The Balaban J connectivity index is 2.15. The van der Waals surface area contributed by atoms with E-state index < -0.39 is 0 Å². The van der Waals surface area contributed by atoms with Gasteiger partial charge < -0.3 is 15.4 Å². The van der Waals surface area contributed by atoms with Gasteiger partial charge in [0.05, 0.1) is 10.9 Å². The number of hydrogen-bond acceptors (Lipinski definition) is 4. The molecule has 1 unspecified atom stereocenters. The van der Waals surface area contributed by atoms with Crippen LogP contribution in [0.3, 0.4) is 0 Å². The summed E-state index contributed by atoms with van der Waals surface area (Å²) in [6.07, 6.45) is 0.464. The van der Waals surface area contributed by atoms with Gasteiger partial charge in [-0.2, -0.15) is 0 Å². The predicted octanol–water partition coefficient (Wildman–Crippen LogP) is 2.20. The van der Waals surface area contributed by atoms with E-state index in [0.29, 0.717) is 26.1 Å². The van der Waals surface area contributed by atoms with Crippen LogP contribution >= 0.6 is 22.9 Å². The monoisotopic (exact) mass is 290 g/mol. The Labute approximate surface area is 117 Å². The second-order valence-corrected chi connectivity index (χ2v) is 5.50. The fraction of sp³-hybridized carbons (Fsp3) is 0.583. The second kappa shape index (κ2) is 8.48. The molecule has 2 N–H and O–H groups in total. The molecule has 1 amide bonds. The molecular formula is C12H19ClN2O2S. The quantitative estimate of drug-likeness (QED) is 0.722. The lowest BCUT2D eigenvalue weighted by Crippen LogP contribution is -2.30. The summed E-state index contributed by atoms with van der Waals surface area (Å²) in [5.41, 5.74) is 1.16. The average Bonchev–Trinajstić information content (AvgIpc) is 2.76. The van der Waals surface area contributed by atoms with E-state index in [1.807, 2.05) is 11.4 Å². The number of methoxy groups -OCH3 is 1. The minimum absolute atomic E-state index is 0.0371. The molecule has 0 saturated heterocycles. The minimum atomic E-state index is 0.0371. The van der Waals surface area contributed by atoms with E-state index in [1.54, 1.807) is 7.11 Å². The molecule has 1 heterocycles. The molecule has 18 heavy (non-hydrogen) atoms. The van der Waals surface area contributed by atoms with Crippen molar-refractivity contribution < 1.29 is 9.53 Å². The molecule has 0 spiro atoms. The van der Waals surface area contributed by atoms with Gasteiger partial charge in [-0.15, -0.1) is 11.3 Å². The van der Waals surface area contributed by atoms with Crippen molar-refractivity contribution in [2.24, 2.45) is 0 Å². The van der Waals surface area contributed by atoms with Crippen molar-refractivity contribution in [2.45, 2.75) is 19.4 Å². The third kappa shape index (κ3) is 5.82. The minimum Gasteiger partial charge on any atom is -0.383 e. The van der Waals surface area contributed by atoms with E-state index in [9.17, 15) is 4.79 Å². The lowest BCUT2D eigenvalue weighted by atomic mass is 10.2. The molecule has 0 aliphatic rings. The van der Waals surface area contributed by atoms with Crippen LogP contribution in [0.2, 0.25) is 4.34 Å². The smallest absolute Gasteiger partial charge is 0.221 e. The zero-order valence-corrected chi connectivity index (χ0v) is 12.2. The van der Waals surface area contributed by atoms with E-state index in [2.05, 4.69) is 17.6 Å². The molecule has 0 radical (unpaired) electrons. The number of rotatable bonds is 8. The van der Waals surface area contributed by atoms with Crippen molar-refractivity contribution in [3.05, 3.63) is 21.3 Å². The largest absolute Gasteiger partial charge is 0.383 e. The third-order valence-electron chi connectivity index (χ3n) is 2.52. The fourth-order valence-corrected chi connectivity index (χ4v) is 2.44. The number of carbonyl (C=O) groups is 1. The zero-order valence-electron chi connectivity index (χ0n) is 10.7. The Morgan fingerprint density at radius 3 is 2.94 bits per heavy atom. The van der Waals surface area contributed by atoms with Crippen molar-refractivity contribution in [3.63, 3.8) is 0 Å². The number of amides is 1. The molecule has 0 saturated carbocycles. The summed E-state index contributed by atoms with van der Waals surface area (Å²) in [5, 5.41) is 8.09. The standard InChI is InChI=1S/C12H19ClN2O2S/c1-9(10-7-11(13)18-8-10)14-4-3-12(16)15-5-6-17-2/h7-9,14H,3-6H2,1-2H3,(H,15,16). The Morgan fingerprint density at radius 1 is 1.56 bits per heavy atom. The van der Waals surface area contributed by atoms with Gasteiger partial charge in [0.15, 0.2) is 0 Å². The van der Waals surface area contributed by atoms with Gasteiger partial charge in [0.2, 0.25) is 5.91 Å². The van der Waals surface area contributed by atoms with E-state index in [0.717, 1.165) is 9.90 Å². The van der Waals surface area contributed by atoms with Crippen LogP contribution in [0.25, 0.3) is 0 Å². The van der Waals surface area contributed by atoms with Crippen LogP contribution in [0.5, 0.6) is 0 Å². The Bertz CT molecular complexity index is 371. The summed E-state index contributed by atoms with van der Waals surface area (Å²) in [6, 6.07) is 2.16. The second-order valence-electron chi connectivity index (χ2n) is 3.95. The van der Waals surface area contributed by atoms with Crippen molar-refractivity contribution in [2.75, 3.05) is 26.8 Å². The lowest BCUT2D eigenvalue weighted by Gasteiger charge is -2.12. The van der Waals surface area contributed by atoms with Crippen molar-refractivity contribution >= 4 is 28.8 Å². The number of nitrogens with one attached hydrogen (secondary N) is 2. The summed E-state index contributed by atoms with van der Waals surface area (Å²) in [7, 11) is 1.61. The molecule has 1 rings (SSSR count). The van der Waals surface area contributed by atoms with Gasteiger partial charge in [-0.3, -0.25) is 4.79 Å². The summed E-state index contributed by atoms with van der Waals surface area (Å²) in [5.74, 6) is 0.0371. The van der Waals surface area contributed by atoms with E-state index in [4.69, 9.17) is 16.3 Å². The van der Waals surface area contributed by atoms with Crippen LogP contribution in [-0.4, -0.2) is 32.7 Å². The SMILES string of the molecule is COCCNC(=O)CCNC(C)c1csc(Cl)c1. The van der Waals surface area contributed by atoms with Gasteiger partial charge in [-0.05, 0) is 23.9 Å². The first-order chi connectivity index (χ1) is 8.63. The highest BCUT2D eigenvalue weighted by atomic mass is 35.5. The molecule has 1 aromatic rings. The van der Waals surface area contributed by atoms with Crippen molar-refractivity contribution in [3.8, 4) is 0 Å². The zero-order chi connectivity index (χ0) is 13.4. The normalized spacial score (nSPS) is 12.4. The lowest BCUT2D eigenvalue weighted by molar-refractivity contribution is -0.121. The van der Waals surface area contributed by atoms with Gasteiger partial charge in [0.1, 0.15) is 0 Å². The van der Waals surface area contributed by atoms with E-state index in [-0.39, 0.29) is 11.9 Å². The summed E-state index contributed by atoms with van der Waals surface area (Å²) >= 11 is 7.39. The van der Waals surface area contributed by atoms with Crippen LogP contribution in [0.4, 0.5) is 0 Å². The first-order valence-electron chi connectivity index (χ1n) is 5.86. The molecule has 0 bridgehead atoms. The van der Waals surface area contributed by atoms with Crippen molar-refractivity contribution in [1.29, 1.82) is 0 Å². The van der Waals surface area contributed by atoms with Gasteiger partial charge in [0, 0.05) is 32.7 Å². The highest BCUT2D eigenvalue weighted by Gasteiger charge is 2.07. The third-order valence-corrected chi connectivity index (χ3v) is 3.63. The maximum Gasteiger partial charge on any atom is 0.221 e. The van der Waals surface area contributed by atoms with Crippen LogP contribution in [0.15, 0.2) is 11.4 Å². The maximum atomic E-state index is 11.4. The molecule has 102 valence electrons. The number of halogens is 1. The highest BCUT2D eigenvalue weighted by molar-refractivity contribution is 7.14. The predicted molar refractivity (Wildman–Crippen MR) is 75.2 cm³/mol. The molecule has 4 nitrogen and oxygen atoms in total. The van der Waals surface area contributed by atoms with Crippen LogP contribution in [0, 0.1) is 0 Å². The molecule has 0 aliphatic heterocycles. The number of carbonyl (C=O) groups excluding carboxylic acids is 1. The number of ether oxygens (including phenoxy) is 1. The average molecular weight is 291 g/mol. The summed E-state index contributed by atoms with van der Waals surface area (Å²) in [4.78, 5) is 11.4. The number of thiophene rings is 1. The number of hydrogen-bond donors (Lipinski definition) is 2. The molecule has 0 aliphatic carbocycles. The van der Waals surface area contributed by atoms with Crippen LogP contribution < -0.4 is 10.6 Å². The molecule has 0 aromatic carbocycles. The maximum absolute atomic E-state index is 11.4. The van der Waals surface area contributed by atoms with E-state index >= 15 is 0 Å². The van der Waals surface area contributed by atoms with Gasteiger partial charge >= 0.3 is 0 Å². The summed E-state index contributed by atoms with van der Waals surface area (Å²) < 4.78 is 5.64. The van der Waals surface area contributed by atoms with Crippen molar-refractivity contribution in [1.82, 2.24) is 10.6 Å². The van der Waals surface area contributed by atoms with Gasteiger partial charge in [-0.25, -0.2) is 0 Å². The molecular weight excluding hydrogens is 272 g/mol. The molecule has 1 atom stereocenters. The molecule has 6 heteroatoms. The topological polar surface area (TPSA) is 50.4 Å². The Hall–Kier alpha value is -0.620. The van der Waals surface area contributed by atoms with Gasteiger partial charge in [0.25, 0.3) is 0 Å². The highest BCUT2D eigenvalue weighted by Crippen LogP contribution is 2.24. The first kappa shape index (κ1) is 15.4. The molecule has 0 fully saturated rings. The first-order valence-corrected chi connectivity index (χ1v) is 7.12. The molecule has 1 aromatic heterocycles. The fourth-order valence-electron chi connectivity index (χ4n) is 1.45. The van der Waals surface area contributed by atoms with E-state index in [1.165, 1.54) is 11.3 Å². The Morgan fingerprint density at radius 2 is 2.33 bits per heavy atom. The van der Waals surface area contributed by atoms with Gasteiger partial charge in [-0.1, -0.05) is 11.6 Å². The van der Waals surface area contributed by atoms with Crippen LogP contribution in [0.1, 0.15) is 24.9 Å². The Kier molecular flexibility index (Phi) is 7.27. The van der Waals surface area contributed by atoms with Crippen LogP contribution in [-0.2, 0) is 9.53 Å².